The molecule has 1 heterocycles. The van der Waals surface area contributed by atoms with Crippen LogP contribution in [0.4, 0.5) is 5.69 Å². The van der Waals surface area contributed by atoms with E-state index < -0.39 is 27.8 Å². The molecule has 1 N–H and O–H groups in total. The second-order valence-electron chi connectivity index (χ2n) is 5.66. The van der Waals surface area contributed by atoms with Gasteiger partial charge in [0.1, 0.15) is 5.92 Å². The van der Waals surface area contributed by atoms with Gasteiger partial charge in [-0.05, 0) is 37.1 Å². The molecule has 0 spiro atoms. The number of hydrogen-bond donors (Lipinski definition) is 1. The van der Waals surface area contributed by atoms with Crippen LogP contribution in [-0.4, -0.2) is 31.6 Å². The van der Waals surface area contributed by atoms with Gasteiger partial charge < -0.3 is 5.32 Å². The Bertz CT molecular complexity index is 853. The minimum Gasteiger partial charge on any atom is -0.325 e. The van der Waals surface area contributed by atoms with Crippen molar-refractivity contribution in [3.8, 4) is 0 Å². The molecule has 1 aromatic carbocycles. The molecule has 0 fully saturated rings. The number of benzene rings is 1. The summed E-state index contributed by atoms with van der Waals surface area (Å²) in [5.74, 6) is -2.36. The lowest BCUT2D eigenvalue weighted by Crippen LogP contribution is -2.47. The Morgan fingerprint density at radius 2 is 1.91 bits per heavy atom. The number of anilines is 1. The highest BCUT2D eigenvalue weighted by molar-refractivity contribution is 7.93. The van der Waals surface area contributed by atoms with Crippen LogP contribution in [0.2, 0.25) is 0 Å². The van der Waals surface area contributed by atoms with Crippen LogP contribution >= 0.6 is 0 Å². The average Bonchev–Trinajstić information content (AvgIpc) is 2.89. The van der Waals surface area contributed by atoms with Gasteiger partial charge in [-0.3, -0.25) is 9.59 Å². The Hall–Kier alpha value is -2.41. The molecule has 0 saturated carbocycles. The molecule has 0 radical (unpaired) electrons. The van der Waals surface area contributed by atoms with Gasteiger partial charge in [0.2, 0.25) is 5.91 Å². The molecule has 2 amide bonds. The maximum atomic E-state index is 12.6. The van der Waals surface area contributed by atoms with E-state index in [1.165, 1.54) is 13.1 Å². The Labute approximate surface area is 134 Å². The third kappa shape index (κ3) is 2.46. The molecule has 0 saturated heterocycles. The second-order valence-corrected chi connectivity index (χ2v) is 7.59. The number of para-hydroxylation sites is 1. The van der Waals surface area contributed by atoms with Crippen molar-refractivity contribution in [2.45, 2.75) is 13.3 Å². The second kappa shape index (κ2) is 5.34. The minimum absolute atomic E-state index is 0.0744. The monoisotopic (exact) mass is 332 g/mol. The summed E-state index contributed by atoms with van der Waals surface area (Å²) >= 11 is 0. The fourth-order valence-electron chi connectivity index (χ4n) is 2.84. The molecule has 0 bridgehead atoms. The molecule has 1 aliphatic carbocycles. The molecule has 1 aromatic rings. The van der Waals surface area contributed by atoms with Crippen LogP contribution in [0.5, 0.6) is 0 Å². The molecule has 3 rings (SSSR count). The van der Waals surface area contributed by atoms with Crippen molar-refractivity contribution in [1.82, 2.24) is 4.31 Å². The smallest absolute Gasteiger partial charge is 0.266 e. The Morgan fingerprint density at radius 1 is 1.26 bits per heavy atom. The Kier molecular flexibility index (Phi) is 3.60. The number of rotatable bonds is 2. The summed E-state index contributed by atoms with van der Waals surface area (Å²) in [6, 6.07) is 8.76. The predicted molar refractivity (Wildman–Crippen MR) is 85.7 cm³/mol. The zero-order valence-electron chi connectivity index (χ0n) is 12.7. The topological polar surface area (TPSA) is 83.6 Å². The molecule has 2 aliphatic rings. The Morgan fingerprint density at radius 3 is 2.57 bits per heavy atom. The molecule has 23 heavy (non-hydrogen) atoms. The lowest BCUT2D eigenvalue weighted by atomic mass is 9.94. The number of carbonyl (C=O) groups excluding carboxylic acids is 2. The SMILES string of the molecule is CC1=CC2=C(C1)C(C(=O)Nc1ccccc1)C(=O)N(C)S2(=O)=O. The standard InChI is InChI=1S/C16H16N2O4S/c1-10-8-12-13(9-10)23(21,22)18(2)16(20)14(12)15(19)17-11-6-4-3-5-7-11/h3-7,9,14H,8H2,1-2H3,(H,17,19). The zero-order valence-corrected chi connectivity index (χ0v) is 13.6. The maximum Gasteiger partial charge on any atom is 0.266 e. The molecule has 1 atom stereocenters. The lowest BCUT2D eigenvalue weighted by Gasteiger charge is -2.29. The number of carbonyl (C=O) groups is 2. The summed E-state index contributed by atoms with van der Waals surface area (Å²) < 4.78 is 25.4. The van der Waals surface area contributed by atoms with Crippen LogP contribution in [0.3, 0.4) is 0 Å². The van der Waals surface area contributed by atoms with Crippen LogP contribution < -0.4 is 5.32 Å². The minimum atomic E-state index is -3.85. The van der Waals surface area contributed by atoms with Crippen molar-refractivity contribution in [2.75, 3.05) is 12.4 Å². The van der Waals surface area contributed by atoms with E-state index in [0.717, 1.165) is 5.57 Å². The summed E-state index contributed by atoms with van der Waals surface area (Å²) in [7, 11) is -2.67. The Balaban J connectivity index is 2.00. The number of amides is 2. The summed E-state index contributed by atoms with van der Waals surface area (Å²) in [5, 5.41) is 2.68. The van der Waals surface area contributed by atoms with E-state index in [1.807, 2.05) is 6.07 Å². The van der Waals surface area contributed by atoms with Crippen LogP contribution in [0, 0.1) is 5.92 Å². The van der Waals surface area contributed by atoms with Gasteiger partial charge >= 0.3 is 0 Å². The van der Waals surface area contributed by atoms with Crippen molar-refractivity contribution in [2.24, 2.45) is 5.92 Å². The molecular formula is C16H16N2O4S. The molecule has 0 aromatic heterocycles. The van der Waals surface area contributed by atoms with Crippen molar-refractivity contribution >= 4 is 27.5 Å². The van der Waals surface area contributed by atoms with Crippen LogP contribution in [0.25, 0.3) is 0 Å². The normalized spacial score (nSPS) is 22.7. The van der Waals surface area contributed by atoms with E-state index in [-0.39, 0.29) is 4.91 Å². The molecule has 6 nitrogen and oxygen atoms in total. The van der Waals surface area contributed by atoms with Gasteiger partial charge in [0, 0.05) is 12.7 Å². The lowest BCUT2D eigenvalue weighted by molar-refractivity contribution is -0.134. The molecule has 120 valence electrons. The molecule has 1 unspecified atom stereocenters. The van der Waals surface area contributed by atoms with Gasteiger partial charge in [-0.2, -0.15) is 0 Å². The van der Waals surface area contributed by atoms with Gasteiger partial charge in [0.25, 0.3) is 15.9 Å². The van der Waals surface area contributed by atoms with Gasteiger partial charge in [0.05, 0.1) is 4.91 Å². The summed E-state index contributed by atoms with van der Waals surface area (Å²) in [4.78, 5) is 25.1. The van der Waals surface area contributed by atoms with Crippen LogP contribution in [0.15, 0.2) is 52.5 Å². The molecule has 7 heteroatoms. The highest BCUT2D eigenvalue weighted by atomic mass is 32.2. The number of allylic oxidation sites excluding steroid dienone is 2. The first kappa shape index (κ1) is 15.5. The van der Waals surface area contributed by atoms with E-state index in [0.29, 0.717) is 22.0 Å². The number of nitrogens with one attached hydrogen (secondary N) is 1. The first-order chi connectivity index (χ1) is 10.8. The van der Waals surface area contributed by atoms with Crippen molar-refractivity contribution in [3.05, 3.63) is 52.5 Å². The first-order valence-electron chi connectivity index (χ1n) is 7.11. The molecule has 1 aliphatic heterocycles. The largest absolute Gasteiger partial charge is 0.325 e. The van der Waals surface area contributed by atoms with E-state index in [9.17, 15) is 18.0 Å². The third-order valence-corrected chi connectivity index (χ3v) is 5.85. The maximum absolute atomic E-state index is 12.6. The number of hydrogen-bond acceptors (Lipinski definition) is 4. The highest BCUT2D eigenvalue weighted by Gasteiger charge is 2.47. The van der Waals surface area contributed by atoms with Crippen LogP contribution in [0.1, 0.15) is 13.3 Å². The molecular weight excluding hydrogens is 316 g/mol. The van der Waals surface area contributed by atoms with Crippen molar-refractivity contribution < 1.29 is 18.0 Å². The van der Waals surface area contributed by atoms with Gasteiger partial charge in [-0.1, -0.05) is 23.8 Å². The fraction of sp³-hybridized carbons (Fsp3) is 0.250. The van der Waals surface area contributed by atoms with Crippen molar-refractivity contribution in [1.29, 1.82) is 0 Å². The van der Waals surface area contributed by atoms with Gasteiger partial charge in [-0.15, -0.1) is 0 Å². The quantitative estimate of drug-likeness (QED) is 0.835. The summed E-state index contributed by atoms with van der Waals surface area (Å²) in [5.41, 5.74) is 1.74. The average molecular weight is 332 g/mol. The zero-order chi connectivity index (χ0) is 16.8. The van der Waals surface area contributed by atoms with Gasteiger partial charge in [-0.25, -0.2) is 12.7 Å². The summed E-state index contributed by atoms with van der Waals surface area (Å²) in [6.45, 7) is 1.78. The van der Waals surface area contributed by atoms with Crippen molar-refractivity contribution in [3.63, 3.8) is 0 Å². The fourth-order valence-corrected chi connectivity index (χ4v) is 4.35. The van der Waals surface area contributed by atoms with E-state index in [1.54, 1.807) is 31.2 Å². The predicted octanol–water partition coefficient (Wildman–Crippen LogP) is 1.65. The number of sulfonamides is 1. The van der Waals surface area contributed by atoms with Crippen LogP contribution in [-0.2, 0) is 19.6 Å². The third-order valence-electron chi connectivity index (χ3n) is 4.01. The van der Waals surface area contributed by atoms with E-state index in [4.69, 9.17) is 0 Å². The van der Waals surface area contributed by atoms with E-state index >= 15 is 0 Å². The highest BCUT2D eigenvalue weighted by Crippen LogP contribution is 2.40. The first-order valence-corrected chi connectivity index (χ1v) is 8.55. The number of nitrogens with zero attached hydrogens (tertiary/aromatic N) is 1. The van der Waals surface area contributed by atoms with E-state index in [2.05, 4.69) is 5.32 Å². The van der Waals surface area contributed by atoms with Gasteiger partial charge in [0.15, 0.2) is 0 Å². The summed E-state index contributed by atoms with van der Waals surface area (Å²) in [6.07, 6.45) is 1.86.